The highest BCUT2D eigenvalue weighted by Gasteiger charge is 2.22. The van der Waals surface area contributed by atoms with Gasteiger partial charge in [0.05, 0.1) is 0 Å². The van der Waals surface area contributed by atoms with Gasteiger partial charge >= 0.3 is 0 Å². The first kappa shape index (κ1) is 20.8. The predicted molar refractivity (Wildman–Crippen MR) is 119 cm³/mol. The largest absolute Gasteiger partial charge is 0.206 e. The van der Waals surface area contributed by atoms with Crippen molar-refractivity contribution < 1.29 is 4.39 Å². The fourth-order valence-corrected chi connectivity index (χ4v) is 4.62. The van der Waals surface area contributed by atoms with Gasteiger partial charge in [0.1, 0.15) is 5.82 Å². The molecule has 1 fully saturated rings. The first-order valence-electron chi connectivity index (χ1n) is 11.2. The van der Waals surface area contributed by atoms with E-state index in [2.05, 4.69) is 37.8 Å². The molecule has 1 heteroatoms. The van der Waals surface area contributed by atoms with Crippen molar-refractivity contribution in [2.24, 2.45) is 5.92 Å². The Hall–Kier alpha value is -1.89. The number of unbranched alkanes of at least 4 members (excludes halogenated alkanes) is 2. The van der Waals surface area contributed by atoms with E-state index < -0.39 is 0 Å². The lowest BCUT2D eigenvalue weighted by Gasteiger charge is -2.29. The molecule has 0 heterocycles. The van der Waals surface area contributed by atoms with E-state index in [9.17, 15) is 4.39 Å². The predicted octanol–water partition coefficient (Wildman–Crippen LogP) is 8.47. The maximum absolute atomic E-state index is 14.6. The Morgan fingerprint density at radius 2 is 1.75 bits per heavy atom. The third kappa shape index (κ3) is 5.56. The average Bonchev–Trinajstić information content (AvgIpc) is 2.73. The third-order valence-corrected chi connectivity index (χ3v) is 6.43. The highest BCUT2D eigenvalue weighted by atomic mass is 19.1. The van der Waals surface area contributed by atoms with Crippen LogP contribution in [-0.4, -0.2) is 0 Å². The van der Waals surface area contributed by atoms with Gasteiger partial charge in [-0.25, -0.2) is 4.39 Å². The molecule has 150 valence electrons. The second kappa shape index (κ2) is 10.6. The van der Waals surface area contributed by atoms with Crippen LogP contribution >= 0.6 is 0 Å². The first-order chi connectivity index (χ1) is 13.7. The SMILES string of the molecule is C=CCCc1ccc(-c2ccc(C3CCC(CCCCC)CC3)cc2)c(F)c1. The van der Waals surface area contributed by atoms with E-state index in [1.807, 2.05) is 18.2 Å². The summed E-state index contributed by atoms with van der Waals surface area (Å²) in [5.41, 5.74) is 4.14. The molecule has 0 nitrogen and oxygen atoms in total. The molecule has 2 aromatic rings. The van der Waals surface area contributed by atoms with Gasteiger partial charge in [-0.1, -0.05) is 75.1 Å². The molecule has 0 saturated heterocycles. The summed E-state index contributed by atoms with van der Waals surface area (Å²) in [6.45, 7) is 6.02. The Balaban J connectivity index is 1.59. The van der Waals surface area contributed by atoms with Crippen LogP contribution in [0.5, 0.6) is 0 Å². The van der Waals surface area contributed by atoms with Crippen LogP contribution in [0.1, 0.15) is 81.8 Å². The molecule has 3 rings (SSSR count). The number of aryl methyl sites for hydroxylation is 1. The van der Waals surface area contributed by atoms with Crippen molar-refractivity contribution in [2.45, 2.75) is 77.0 Å². The number of allylic oxidation sites excluding steroid dienone is 1. The van der Waals surface area contributed by atoms with Gasteiger partial charge in [-0.15, -0.1) is 6.58 Å². The van der Waals surface area contributed by atoms with Crippen LogP contribution in [0.3, 0.4) is 0 Å². The van der Waals surface area contributed by atoms with Gasteiger partial charge < -0.3 is 0 Å². The fraction of sp³-hybridized carbons (Fsp3) is 0.481. The van der Waals surface area contributed by atoms with Crippen molar-refractivity contribution in [3.63, 3.8) is 0 Å². The Kier molecular flexibility index (Phi) is 7.89. The van der Waals surface area contributed by atoms with Crippen LogP contribution in [0.4, 0.5) is 4.39 Å². The van der Waals surface area contributed by atoms with E-state index >= 15 is 0 Å². The van der Waals surface area contributed by atoms with Crippen LogP contribution in [0, 0.1) is 11.7 Å². The molecule has 0 aliphatic heterocycles. The average molecular weight is 379 g/mol. The zero-order valence-electron chi connectivity index (χ0n) is 17.4. The third-order valence-electron chi connectivity index (χ3n) is 6.43. The fourth-order valence-electron chi connectivity index (χ4n) is 4.62. The molecule has 1 saturated carbocycles. The van der Waals surface area contributed by atoms with Crippen LogP contribution in [0.25, 0.3) is 11.1 Å². The van der Waals surface area contributed by atoms with Gasteiger partial charge in [-0.3, -0.25) is 0 Å². The number of hydrogen-bond acceptors (Lipinski definition) is 0. The van der Waals surface area contributed by atoms with Crippen molar-refractivity contribution in [1.29, 1.82) is 0 Å². The van der Waals surface area contributed by atoms with Crippen molar-refractivity contribution in [3.05, 3.63) is 72.1 Å². The Bertz CT molecular complexity index is 735. The Morgan fingerprint density at radius 3 is 2.39 bits per heavy atom. The molecular formula is C27H35F. The lowest BCUT2D eigenvalue weighted by atomic mass is 9.77. The van der Waals surface area contributed by atoms with E-state index in [0.29, 0.717) is 11.5 Å². The minimum absolute atomic E-state index is 0.123. The standard InChI is InChI=1S/C27H35F/c1-3-5-7-9-21-10-13-23(14-11-21)24-15-17-25(18-16-24)26-19-12-22(8-6-4-2)20-27(26)28/h4,12,15-21,23H,2-3,5-11,13-14H2,1H3. The maximum Gasteiger partial charge on any atom is 0.131 e. The van der Waals surface area contributed by atoms with Crippen LogP contribution in [0.2, 0.25) is 0 Å². The van der Waals surface area contributed by atoms with E-state index in [-0.39, 0.29) is 5.82 Å². The highest BCUT2D eigenvalue weighted by molar-refractivity contribution is 5.65. The molecule has 0 N–H and O–H groups in total. The minimum Gasteiger partial charge on any atom is -0.206 e. The number of rotatable bonds is 9. The van der Waals surface area contributed by atoms with Gasteiger partial charge in [0, 0.05) is 5.56 Å². The van der Waals surface area contributed by atoms with Gasteiger partial charge in [0.15, 0.2) is 0 Å². The van der Waals surface area contributed by atoms with E-state index in [0.717, 1.165) is 29.9 Å². The van der Waals surface area contributed by atoms with E-state index in [1.54, 1.807) is 6.07 Å². The molecule has 0 amide bonds. The van der Waals surface area contributed by atoms with Crippen molar-refractivity contribution in [1.82, 2.24) is 0 Å². The number of halogens is 1. The molecule has 0 atom stereocenters. The summed E-state index contributed by atoms with van der Waals surface area (Å²) in [6, 6.07) is 14.3. The monoisotopic (exact) mass is 378 g/mol. The summed E-state index contributed by atoms with van der Waals surface area (Å²) in [6.07, 6.45) is 14.5. The molecule has 0 unspecified atom stereocenters. The summed E-state index contributed by atoms with van der Waals surface area (Å²) in [7, 11) is 0. The van der Waals surface area contributed by atoms with Crippen molar-refractivity contribution >= 4 is 0 Å². The summed E-state index contributed by atoms with van der Waals surface area (Å²) in [5, 5.41) is 0. The molecular weight excluding hydrogens is 343 g/mol. The van der Waals surface area contributed by atoms with E-state index in [4.69, 9.17) is 0 Å². The number of hydrogen-bond donors (Lipinski definition) is 0. The molecule has 1 aliphatic carbocycles. The normalized spacial score (nSPS) is 19.5. The van der Waals surface area contributed by atoms with Gasteiger partial charge in [0.25, 0.3) is 0 Å². The maximum atomic E-state index is 14.6. The lowest BCUT2D eigenvalue weighted by Crippen LogP contribution is -2.13. The molecule has 0 aromatic heterocycles. The molecule has 0 spiro atoms. The minimum atomic E-state index is -0.123. The number of benzene rings is 2. The van der Waals surface area contributed by atoms with Gasteiger partial charge in [-0.2, -0.15) is 0 Å². The zero-order chi connectivity index (χ0) is 19.8. The second-order valence-corrected chi connectivity index (χ2v) is 8.48. The highest BCUT2D eigenvalue weighted by Crippen LogP contribution is 2.38. The smallest absolute Gasteiger partial charge is 0.131 e. The zero-order valence-corrected chi connectivity index (χ0v) is 17.4. The Labute approximate surface area is 170 Å². The molecule has 28 heavy (non-hydrogen) atoms. The van der Waals surface area contributed by atoms with Crippen LogP contribution in [0.15, 0.2) is 55.1 Å². The lowest BCUT2D eigenvalue weighted by molar-refractivity contribution is 0.303. The Morgan fingerprint density at radius 1 is 1.00 bits per heavy atom. The summed E-state index contributed by atoms with van der Waals surface area (Å²) in [5.74, 6) is 1.50. The molecule has 0 bridgehead atoms. The van der Waals surface area contributed by atoms with E-state index in [1.165, 1.54) is 56.9 Å². The second-order valence-electron chi connectivity index (χ2n) is 8.48. The van der Waals surface area contributed by atoms with Crippen LogP contribution in [-0.2, 0) is 6.42 Å². The van der Waals surface area contributed by atoms with Crippen LogP contribution < -0.4 is 0 Å². The van der Waals surface area contributed by atoms with Crippen molar-refractivity contribution in [2.75, 3.05) is 0 Å². The van der Waals surface area contributed by atoms with Gasteiger partial charge in [-0.05, 0) is 73.1 Å². The van der Waals surface area contributed by atoms with Crippen molar-refractivity contribution in [3.8, 4) is 11.1 Å². The molecule has 0 radical (unpaired) electrons. The quantitative estimate of drug-likeness (QED) is 0.303. The molecule has 1 aliphatic rings. The van der Waals surface area contributed by atoms with Gasteiger partial charge in [0.2, 0.25) is 0 Å². The summed E-state index contributed by atoms with van der Waals surface area (Å²) in [4.78, 5) is 0. The molecule has 2 aromatic carbocycles. The summed E-state index contributed by atoms with van der Waals surface area (Å²) < 4.78 is 14.6. The first-order valence-corrected chi connectivity index (χ1v) is 11.2. The summed E-state index contributed by atoms with van der Waals surface area (Å²) >= 11 is 0. The topological polar surface area (TPSA) is 0 Å².